The summed E-state index contributed by atoms with van der Waals surface area (Å²) >= 11 is 0. The zero-order chi connectivity index (χ0) is 12.5. The minimum absolute atomic E-state index is 0.128. The molecule has 2 heterocycles. The smallest absolute Gasteiger partial charge is 0.341 e. The van der Waals surface area contributed by atoms with Gasteiger partial charge in [-0.15, -0.1) is 0 Å². The Hall–Kier alpha value is -1.62. The van der Waals surface area contributed by atoms with Crippen molar-refractivity contribution in [2.24, 2.45) is 0 Å². The summed E-state index contributed by atoms with van der Waals surface area (Å²) < 4.78 is 10.1. The lowest BCUT2D eigenvalue weighted by Gasteiger charge is -2.48. The van der Waals surface area contributed by atoms with Crippen LogP contribution in [0.25, 0.3) is 0 Å². The Labute approximate surface area is 100 Å². The van der Waals surface area contributed by atoms with Crippen molar-refractivity contribution >= 4 is 11.7 Å². The molecule has 0 bridgehead atoms. The van der Waals surface area contributed by atoms with Gasteiger partial charge in [-0.05, 0) is 13.0 Å². The van der Waals surface area contributed by atoms with Gasteiger partial charge >= 0.3 is 5.97 Å². The second kappa shape index (κ2) is 4.33. The molecule has 1 saturated heterocycles. The fraction of sp³-hybridized carbons (Fsp3) is 0.500. The lowest BCUT2D eigenvalue weighted by atomic mass is 9.95. The monoisotopic (exact) mass is 236 g/mol. The van der Waals surface area contributed by atoms with Gasteiger partial charge < -0.3 is 14.4 Å². The van der Waals surface area contributed by atoms with Crippen LogP contribution in [0.15, 0.2) is 18.5 Å². The SMILES string of the molecule is COC(=O)c1cnccc1N1CC(C)(OC)C1. The van der Waals surface area contributed by atoms with Crippen molar-refractivity contribution < 1.29 is 14.3 Å². The van der Waals surface area contributed by atoms with Crippen LogP contribution in [0.5, 0.6) is 0 Å². The van der Waals surface area contributed by atoms with Crippen LogP contribution in [0.3, 0.4) is 0 Å². The van der Waals surface area contributed by atoms with Crippen LogP contribution in [0.1, 0.15) is 17.3 Å². The molecular weight excluding hydrogens is 220 g/mol. The van der Waals surface area contributed by atoms with Crippen LogP contribution in [0.2, 0.25) is 0 Å². The van der Waals surface area contributed by atoms with Gasteiger partial charge in [-0.3, -0.25) is 4.98 Å². The van der Waals surface area contributed by atoms with Crippen molar-refractivity contribution in [1.82, 2.24) is 4.98 Å². The van der Waals surface area contributed by atoms with Gasteiger partial charge in [0, 0.05) is 32.6 Å². The zero-order valence-electron chi connectivity index (χ0n) is 10.3. The predicted octanol–water partition coefficient (Wildman–Crippen LogP) is 1.09. The van der Waals surface area contributed by atoms with Crippen LogP contribution < -0.4 is 4.90 Å². The molecule has 0 unspecified atom stereocenters. The average Bonchev–Trinajstić information content (AvgIpc) is 2.34. The van der Waals surface area contributed by atoms with Gasteiger partial charge in [0.2, 0.25) is 0 Å². The third-order valence-corrected chi connectivity index (χ3v) is 3.09. The number of pyridine rings is 1. The van der Waals surface area contributed by atoms with E-state index in [1.165, 1.54) is 13.3 Å². The van der Waals surface area contributed by atoms with Crippen molar-refractivity contribution in [1.29, 1.82) is 0 Å². The summed E-state index contributed by atoms with van der Waals surface area (Å²) in [6.45, 7) is 3.57. The molecule has 2 rings (SSSR count). The number of rotatable bonds is 3. The minimum atomic E-state index is -0.362. The van der Waals surface area contributed by atoms with Gasteiger partial charge in [-0.1, -0.05) is 0 Å². The van der Waals surface area contributed by atoms with Gasteiger partial charge in [0.25, 0.3) is 0 Å². The van der Waals surface area contributed by atoms with Gasteiger partial charge in [0.15, 0.2) is 0 Å². The molecule has 5 heteroatoms. The maximum absolute atomic E-state index is 11.6. The summed E-state index contributed by atoms with van der Waals surface area (Å²) in [6, 6.07) is 1.82. The van der Waals surface area contributed by atoms with Crippen LogP contribution in [0, 0.1) is 0 Å². The Bertz CT molecular complexity index is 428. The molecule has 1 aromatic heterocycles. The van der Waals surface area contributed by atoms with E-state index < -0.39 is 0 Å². The number of ether oxygens (including phenoxy) is 2. The van der Waals surface area contributed by atoms with E-state index in [9.17, 15) is 4.79 Å². The van der Waals surface area contributed by atoms with E-state index in [0.29, 0.717) is 5.56 Å². The largest absolute Gasteiger partial charge is 0.465 e. The molecule has 5 nitrogen and oxygen atoms in total. The summed E-state index contributed by atoms with van der Waals surface area (Å²) in [5, 5.41) is 0. The first kappa shape index (κ1) is 11.9. The first-order chi connectivity index (χ1) is 8.09. The van der Waals surface area contributed by atoms with E-state index in [-0.39, 0.29) is 11.6 Å². The molecule has 17 heavy (non-hydrogen) atoms. The predicted molar refractivity (Wildman–Crippen MR) is 63.2 cm³/mol. The van der Waals surface area contributed by atoms with Crippen LogP contribution in [-0.2, 0) is 9.47 Å². The molecule has 1 aliphatic rings. The number of methoxy groups -OCH3 is 2. The molecule has 0 atom stereocenters. The summed E-state index contributed by atoms with van der Waals surface area (Å²) in [5.74, 6) is -0.362. The van der Waals surface area contributed by atoms with Crippen molar-refractivity contribution in [3.63, 3.8) is 0 Å². The highest BCUT2D eigenvalue weighted by atomic mass is 16.5. The van der Waals surface area contributed by atoms with Crippen molar-refractivity contribution in [2.75, 3.05) is 32.2 Å². The van der Waals surface area contributed by atoms with E-state index in [1.54, 1.807) is 13.3 Å². The first-order valence-corrected chi connectivity index (χ1v) is 5.42. The molecule has 0 amide bonds. The summed E-state index contributed by atoms with van der Waals surface area (Å²) in [4.78, 5) is 17.6. The van der Waals surface area contributed by atoms with E-state index in [0.717, 1.165) is 18.8 Å². The van der Waals surface area contributed by atoms with E-state index in [1.807, 2.05) is 13.0 Å². The molecule has 0 N–H and O–H groups in total. The summed E-state index contributed by atoms with van der Waals surface area (Å²) in [6.07, 6.45) is 3.20. The molecular formula is C12H16N2O3. The highest BCUT2D eigenvalue weighted by molar-refractivity contribution is 5.95. The highest BCUT2D eigenvalue weighted by Gasteiger charge is 2.40. The van der Waals surface area contributed by atoms with Crippen LogP contribution in [0.4, 0.5) is 5.69 Å². The number of aromatic nitrogens is 1. The van der Waals surface area contributed by atoms with Crippen molar-refractivity contribution in [3.05, 3.63) is 24.0 Å². The molecule has 0 saturated carbocycles. The third-order valence-electron chi connectivity index (χ3n) is 3.09. The van der Waals surface area contributed by atoms with E-state index >= 15 is 0 Å². The van der Waals surface area contributed by atoms with Gasteiger partial charge in [-0.25, -0.2) is 4.79 Å². The topological polar surface area (TPSA) is 51.7 Å². The zero-order valence-corrected chi connectivity index (χ0v) is 10.3. The maximum Gasteiger partial charge on any atom is 0.341 e. The maximum atomic E-state index is 11.6. The molecule has 1 fully saturated rings. The number of carbonyl (C=O) groups excluding carboxylic acids is 1. The summed E-state index contributed by atoms with van der Waals surface area (Å²) in [5.41, 5.74) is 1.21. The molecule has 0 spiro atoms. The van der Waals surface area contributed by atoms with E-state index in [2.05, 4.69) is 9.88 Å². The van der Waals surface area contributed by atoms with Gasteiger partial charge in [-0.2, -0.15) is 0 Å². The van der Waals surface area contributed by atoms with Gasteiger partial charge in [0.05, 0.1) is 18.4 Å². The van der Waals surface area contributed by atoms with E-state index in [4.69, 9.17) is 9.47 Å². The highest BCUT2D eigenvalue weighted by Crippen LogP contribution is 2.31. The normalized spacial score (nSPS) is 17.5. The lowest BCUT2D eigenvalue weighted by molar-refractivity contribution is -0.0169. The van der Waals surface area contributed by atoms with Crippen LogP contribution >= 0.6 is 0 Å². The molecule has 0 aromatic carbocycles. The number of carbonyl (C=O) groups is 1. The number of nitrogens with zero attached hydrogens (tertiary/aromatic N) is 2. The Morgan fingerprint density at radius 3 is 2.76 bits per heavy atom. The van der Waals surface area contributed by atoms with Crippen molar-refractivity contribution in [2.45, 2.75) is 12.5 Å². The minimum Gasteiger partial charge on any atom is -0.465 e. The summed E-state index contributed by atoms with van der Waals surface area (Å²) in [7, 11) is 3.07. The number of hydrogen-bond donors (Lipinski definition) is 0. The second-order valence-corrected chi connectivity index (χ2v) is 4.39. The Morgan fingerprint density at radius 1 is 1.47 bits per heavy atom. The number of anilines is 1. The fourth-order valence-corrected chi connectivity index (χ4v) is 1.99. The van der Waals surface area contributed by atoms with Crippen molar-refractivity contribution in [3.8, 4) is 0 Å². The molecule has 1 aliphatic heterocycles. The fourth-order valence-electron chi connectivity index (χ4n) is 1.99. The lowest BCUT2D eigenvalue weighted by Crippen LogP contribution is -2.61. The molecule has 0 aliphatic carbocycles. The molecule has 92 valence electrons. The van der Waals surface area contributed by atoms with Gasteiger partial charge in [0.1, 0.15) is 5.56 Å². The van der Waals surface area contributed by atoms with Crippen LogP contribution in [-0.4, -0.2) is 43.9 Å². The number of esters is 1. The second-order valence-electron chi connectivity index (χ2n) is 4.39. The quantitative estimate of drug-likeness (QED) is 0.735. The first-order valence-electron chi connectivity index (χ1n) is 5.42. The average molecular weight is 236 g/mol. The molecule has 0 radical (unpaired) electrons. The number of hydrogen-bond acceptors (Lipinski definition) is 5. The molecule has 1 aromatic rings. The standard InChI is InChI=1S/C12H16N2O3/c1-12(17-3)7-14(8-12)10-4-5-13-6-9(10)11(15)16-2/h4-6H,7-8H2,1-3H3. The Balaban J connectivity index is 2.20. The Kier molecular flexibility index (Phi) is 3.02. The third kappa shape index (κ3) is 2.10. The Morgan fingerprint density at radius 2 is 2.18 bits per heavy atom.